The van der Waals surface area contributed by atoms with E-state index in [1.165, 1.54) is 41.6 Å². The van der Waals surface area contributed by atoms with Gasteiger partial charge >= 0.3 is 0 Å². The van der Waals surface area contributed by atoms with Crippen LogP contribution in [0.15, 0.2) is 54.4 Å². The Labute approximate surface area is 156 Å². The van der Waals surface area contributed by atoms with Gasteiger partial charge in [-0.3, -0.25) is 14.6 Å². The van der Waals surface area contributed by atoms with Crippen LogP contribution < -0.4 is 0 Å². The summed E-state index contributed by atoms with van der Waals surface area (Å²) in [5.74, 6) is -2.12. The van der Waals surface area contributed by atoms with Gasteiger partial charge in [0, 0.05) is 31.0 Å². The van der Waals surface area contributed by atoms with Crippen molar-refractivity contribution < 1.29 is 19.1 Å². The number of hydrogen-bond donors (Lipinski definition) is 1. The number of benzene rings is 1. The van der Waals surface area contributed by atoms with Crippen molar-refractivity contribution in [3.8, 4) is 0 Å². The van der Waals surface area contributed by atoms with Crippen molar-refractivity contribution in [2.45, 2.75) is 6.04 Å². The van der Waals surface area contributed by atoms with E-state index in [1.807, 2.05) is 19.0 Å². The van der Waals surface area contributed by atoms with Crippen LogP contribution in [0.4, 0.5) is 4.39 Å². The number of aliphatic hydroxyl groups excluding tert-OH is 1. The van der Waals surface area contributed by atoms with E-state index in [0.717, 1.165) is 0 Å². The fourth-order valence-corrected chi connectivity index (χ4v) is 3.08. The molecule has 1 atom stereocenters. The fourth-order valence-electron chi connectivity index (χ4n) is 3.08. The second-order valence-corrected chi connectivity index (χ2v) is 6.58. The van der Waals surface area contributed by atoms with Gasteiger partial charge in [-0.2, -0.15) is 0 Å². The Balaban J connectivity index is 2.13. The molecule has 0 radical (unpaired) electrons. The summed E-state index contributed by atoms with van der Waals surface area (Å²) in [6.07, 6.45) is 2.98. The van der Waals surface area contributed by atoms with Gasteiger partial charge in [0.2, 0.25) is 0 Å². The minimum atomic E-state index is -0.779. The lowest BCUT2D eigenvalue weighted by atomic mass is 9.95. The second kappa shape index (κ2) is 7.67. The predicted octanol–water partition coefficient (Wildman–Crippen LogP) is 2.20. The average Bonchev–Trinajstić information content (AvgIpc) is 2.91. The number of carbonyl (C=O) groups excluding carboxylic acids is 2. The highest BCUT2D eigenvalue weighted by atomic mass is 19.1. The van der Waals surface area contributed by atoms with E-state index in [1.54, 1.807) is 12.1 Å². The molecule has 0 saturated carbocycles. The number of ketones is 1. The minimum absolute atomic E-state index is 0.00318. The number of pyridine rings is 1. The van der Waals surface area contributed by atoms with Crippen LogP contribution in [0, 0.1) is 5.82 Å². The third-order valence-electron chi connectivity index (χ3n) is 4.47. The molecular formula is C20H20FN3O3. The number of halogens is 1. The molecule has 1 unspecified atom stereocenters. The molecule has 7 heteroatoms. The molecule has 0 bridgehead atoms. The van der Waals surface area contributed by atoms with Crippen LogP contribution in [0.2, 0.25) is 0 Å². The number of aromatic nitrogens is 1. The summed E-state index contributed by atoms with van der Waals surface area (Å²) < 4.78 is 13.4. The number of hydrogen-bond acceptors (Lipinski definition) is 5. The van der Waals surface area contributed by atoms with Gasteiger partial charge in [-0.15, -0.1) is 0 Å². The van der Waals surface area contributed by atoms with Crippen molar-refractivity contribution in [2.24, 2.45) is 0 Å². The molecule has 0 aliphatic carbocycles. The van der Waals surface area contributed by atoms with Crippen LogP contribution >= 0.6 is 0 Å². The van der Waals surface area contributed by atoms with E-state index >= 15 is 0 Å². The molecular weight excluding hydrogens is 349 g/mol. The summed E-state index contributed by atoms with van der Waals surface area (Å²) in [7, 11) is 3.72. The van der Waals surface area contributed by atoms with Crippen LogP contribution in [-0.2, 0) is 9.59 Å². The normalized spacial score (nSPS) is 19.1. The lowest BCUT2D eigenvalue weighted by molar-refractivity contribution is -0.140. The summed E-state index contributed by atoms with van der Waals surface area (Å²) in [6.45, 7) is 0.840. The molecule has 27 heavy (non-hydrogen) atoms. The smallest absolute Gasteiger partial charge is 0.295 e. The van der Waals surface area contributed by atoms with E-state index < -0.39 is 23.5 Å². The van der Waals surface area contributed by atoms with Crippen molar-refractivity contribution >= 4 is 17.4 Å². The van der Waals surface area contributed by atoms with Crippen LogP contribution in [0.5, 0.6) is 0 Å². The number of amides is 1. The van der Waals surface area contributed by atoms with Crippen molar-refractivity contribution in [3.05, 3.63) is 71.3 Å². The highest BCUT2D eigenvalue weighted by Gasteiger charge is 2.45. The minimum Gasteiger partial charge on any atom is -0.507 e. The van der Waals surface area contributed by atoms with Crippen molar-refractivity contribution in [3.63, 3.8) is 0 Å². The summed E-state index contributed by atoms with van der Waals surface area (Å²) in [4.78, 5) is 32.6. The quantitative estimate of drug-likeness (QED) is 0.497. The fraction of sp³-hybridized carbons (Fsp3) is 0.250. The number of nitrogens with zero attached hydrogens (tertiary/aromatic N) is 3. The van der Waals surface area contributed by atoms with E-state index in [9.17, 15) is 19.1 Å². The molecule has 140 valence electrons. The standard InChI is InChI=1S/C20H20FN3O3/c1-23(2)11-12-24-17(13-3-5-15(21)6-4-13)16(19(26)20(24)27)18(25)14-7-9-22-10-8-14/h3-10,17,25H,11-12H2,1-2H3/b18-16+. The number of aliphatic hydroxyl groups is 1. The molecule has 2 aromatic rings. The van der Waals surface area contributed by atoms with E-state index in [-0.39, 0.29) is 11.3 Å². The Morgan fingerprint density at radius 2 is 1.78 bits per heavy atom. The molecule has 1 saturated heterocycles. The lowest BCUT2D eigenvalue weighted by Crippen LogP contribution is -2.35. The van der Waals surface area contributed by atoms with Gasteiger partial charge in [-0.05, 0) is 43.9 Å². The van der Waals surface area contributed by atoms with E-state index in [0.29, 0.717) is 24.2 Å². The monoisotopic (exact) mass is 369 g/mol. The van der Waals surface area contributed by atoms with Gasteiger partial charge in [0.05, 0.1) is 11.6 Å². The molecule has 1 aromatic heterocycles. The zero-order valence-electron chi connectivity index (χ0n) is 15.1. The Kier molecular flexibility index (Phi) is 5.32. The number of likely N-dealkylation sites (tertiary alicyclic amines) is 1. The molecule has 1 aromatic carbocycles. The first-order chi connectivity index (χ1) is 12.9. The first-order valence-corrected chi connectivity index (χ1v) is 8.49. The summed E-state index contributed by atoms with van der Waals surface area (Å²) >= 11 is 0. The van der Waals surface area contributed by atoms with Crippen molar-refractivity contribution in [1.82, 2.24) is 14.8 Å². The third kappa shape index (κ3) is 3.73. The zero-order chi connectivity index (χ0) is 19.6. The molecule has 0 spiro atoms. The Morgan fingerprint density at radius 1 is 1.15 bits per heavy atom. The highest BCUT2D eigenvalue weighted by molar-refractivity contribution is 6.46. The molecule has 1 N–H and O–H groups in total. The number of rotatable bonds is 5. The van der Waals surface area contributed by atoms with E-state index in [2.05, 4.69) is 4.98 Å². The zero-order valence-corrected chi connectivity index (χ0v) is 15.1. The van der Waals surface area contributed by atoms with Gasteiger partial charge in [0.25, 0.3) is 11.7 Å². The molecule has 2 heterocycles. The molecule has 3 rings (SSSR count). The SMILES string of the molecule is CN(C)CCN1C(=O)C(=O)/C(=C(/O)c2ccncc2)C1c1ccc(F)cc1. The van der Waals surface area contributed by atoms with Crippen molar-refractivity contribution in [2.75, 3.05) is 27.2 Å². The van der Waals surface area contributed by atoms with Crippen LogP contribution in [0.3, 0.4) is 0 Å². The summed E-state index contributed by atoms with van der Waals surface area (Å²) in [5.41, 5.74) is 0.948. The maximum atomic E-state index is 13.4. The maximum Gasteiger partial charge on any atom is 0.295 e. The molecule has 1 fully saturated rings. The van der Waals surface area contributed by atoms with Crippen LogP contribution in [-0.4, -0.2) is 58.8 Å². The average molecular weight is 369 g/mol. The van der Waals surface area contributed by atoms with Crippen LogP contribution in [0.25, 0.3) is 5.76 Å². The van der Waals surface area contributed by atoms with Crippen molar-refractivity contribution in [1.29, 1.82) is 0 Å². The molecule has 1 aliphatic heterocycles. The number of carbonyl (C=O) groups is 2. The van der Waals surface area contributed by atoms with Gasteiger partial charge in [-0.25, -0.2) is 4.39 Å². The molecule has 6 nitrogen and oxygen atoms in total. The third-order valence-corrected chi connectivity index (χ3v) is 4.47. The Bertz CT molecular complexity index is 879. The number of Topliss-reactive ketones (excluding diaryl/α,β-unsaturated/α-hetero) is 1. The van der Waals surface area contributed by atoms with Gasteiger partial charge in [-0.1, -0.05) is 12.1 Å². The predicted molar refractivity (Wildman–Crippen MR) is 98.2 cm³/mol. The maximum absolute atomic E-state index is 13.4. The summed E-state index contributed by atoms with van der Waals surface area (Å²) in [6, 6.07) is 7.93. The first kappa shape index (κ1) is 18.7. The molecule has 1 aliphatic rings. The Hall–Kier alpha value is -3.06. The Morgan fingerprint density at radius 3 is 2.37 bits per heavy atom. The van der Waals surface area contributed by atoms with Crippen LogP contribution in [0.1, 0.15) is 17.2 Å². The summed E-state index contributed by atoms with van der Waals surface area (Å²) in [5, 5.41) is 10.8. The van der Waals surface area contributed by atoms with Gasteiger partial charge < -0.3 is 14.9 Å². The lowest BCUT2D eigenvalue weighted by Gasteiger charge is -2.26. The molecule has 1 amide bonds. The van der Waals surface area contributed by atoms with Gasteiger partial charge in [0.1, 0.15) is 11.6 Å². The topological polar surface area (TPSA) is 73.7 Å². The second-order valence-electron chi connectivity index (χ2n) is 6.58. The van der Waals surface area contributed by atoms with E-state index in [4.69, 9.17) is 0 Å². The highest BCUT2D eigenvalue weighted by Crippen LogP contribution is 2.39. The largest absolute Gasteiger partial charge is 0.507 e. The first-order valence-electron chi connectivity index (χ1n) is 8.49. The number of likely N-dealkylation sites (N-methyl/N-ethyl adjacent to an activating group) is 1. The van der Waals surface area contributed by atoms with Gasteiger partial charge in [0.15, 0.2) is 0 Å².